The topological polar surface area (TPSA) is 69.6 Å². The van der Waals surface area contributed by atoms with Crippen LogP contribution in [0.2, 0.25) is 0 Å². The van der Waals surface area contributed by atoms with E-state index in [1.807, 2.05) is 32.0 Å². The number of carboxylic acids is 1. The summed E-state index contributed by atoms with van der Waals surface area (Å²) >= 11 is 0. The monoisotopic (exact) mass is 292 g/mol. The number of benzene rings is 1. The lowest BCUT2D eigenvalue weighted by Gasteiger charge is -2.32. The number of anilines is 1. The van der Waals surface area contributed by atoms with E-state index in [1.165, 1.54) is 25.8 Å². The van der Waals surface area contributed by atoms with E-state index < -0.39 is 17.5 Å². The number of hydrogen-bond acceptors (Lipinski definition) is 2. The third-order valence-corrected chi connectivity index (χ3v) is 3.90. The highest BCUT2D eigenvalue weighted by Crippen LogP contribution is 2.24. The van der Waals surface area contributed by atoms with Crippen LogP contribution in [-0.4, -0.2) is 34.6 Å². The number of aryl methyl sites for hydroxylation is 2. The maximum absolute atomic E-state index is 12.4. The van der Waals surface area contributed by atoms with Crippen molar-refractivity contribution in [3.63, 3.8) is 0 Å². The quantitative estimate of drug-likeness (QED) is 0.876. The Balaban J connectivity index is 3.06. The summed E-state index contributed by atoms with van der Waals surface area (Å²) in [5, 5.41) is 12.1. The molecule has 2 N–H and O–H groups in total. The predicted molar refractivity (Wildman–Crippen MR) is 83.7 cm³/mol. The van der Waals surface area contributed by atoms with Gasteiger partial charge in [-0.15, -0.1) is 0 Å². The number of hydrogen-bond donors (Lipinski definition) is 2. The SMILES string of the molecule is CCc1cccc(CC)c1NC(=O)N(C)C(C)(C)C(=O)O. The number of rotatable bonds is 5. The molecule has 116 valence electrons. The Labute approximate surface area is 126 Å². The Morgan fingerprint density at radius 2 is 1.67 bits per heavy atom. The van der Waals surface area contributed by atoms with E-state index in [9.17, 15) is 14.7 Å². The first-order valence-electron chi connectivity index (χ1n) is 7.14. The summed E-state index contributed by atoms with van der Waals surface area (Å²) in [5.74, 6) is -1.04. The molecular formula is C16H24N2O3. The van der Waals surface area contributed by atoms with Gasteiger partial charge in [-0.3, -0.25) is 0 Å². The summed E-state index contributed by atoms with van der Waals surface area (Å²) in [6.45, 7) is 7.05. The van der Waals surface area contributed by atoms with E-state index in [1.54, 1.807) is 0 Å². The molecule has 0 spiro atoms. The zero-order chi connectivity index (χ0) is 16.2. The molecule has 0 fully saturated rings. The van der Waals surface area contributed by atoms with Gasteiger partial charge in [0.1, 0.15) is 5.54 Å². The molecule has 1 aromatic carbocycles. The van der Waals surface area contributed by atoms with Crippen LogP contribution in [-0.2, 0) is 17.6 Å². The largest absolute Gasteiger partial charge is 0.480 e. The number of carbonyl (C=O) groups is 2. The number of nitrogens with one attached hydrogen (secondary N) is 1. The predicted octanol–water partition coefficient (Wildman–Crippen LogP) is 3.14. The van der Waals surface area contributed by atoms with Crippen LogP contribution < -0.4 is 5.32 Å². The van der Waals surface area contributed by atoms with Crippen molar-refractivity contribution >= 4 is 17.7 Å². The van der Waals surface area contributed by atoms with Gasteiger partial charge in [0.25, 0.3) is 0 Å². The van der Waals surface area contributed by atoms with E-state index in [0.29, 0.717) is 0 Å². The first-order valence-corrected chi connectivity index (χ1v) is 7.14. The minimum Gasteiger partial charge on any atom is -0.480 e. The fourth-order valence-corrected chi connectivity index (χ4v) is 1.99. The number of nitrogens with zero attached hydrogens (tertiary/aromatic N) is 1. The molecule has 0 saturated carbocycles. The summed E-state index contributed by atoms with van der Waals surface area (Å²) in [5.41, 5.74) is 1.62. The molecular weight excluding hydrogens is 268 g/mol. The number of para-hydroxylation sites is 1. The van der Waals surface area contributed by atoms with Crippen LogP contribution in [0.25, 0.3) is 0 Å². The summed E-state index contributed by atoms with van der Waals surface area (Å²) in [7, 11) is 1.49. The molecule has 0 saturated heterocycles. The fraction of sp³-hybridized carbons (Fsp3) is 0.500. The van der Waals surface area contributed by atoms with Gasteiger partial charge in [-0.25, -0.2) is 9.59 Å². The highest BCUT2D eigenvalue weighted by Gasteiger charge is 2.35. The van der Waals surface area contributed by atoms with Crippen LogP contribution in [0.3, 0.4) is 0 Å². The van der Waals surface area contributed by atoms with Gasteiger partial charge >= 0.3 is 12.0 Å². The van der Waals surface area contributed by atoms with E-state index in [0.717, 1.165) is 29.7 Å². The molecule has 0 aliphatic carbocycles. The summed E-state index contributed by atoms with van der Waals surface area (Å²) in [4.78, 5) is 24.8. The number of likely N-dealkylation sites (N-methyl/N-ethyl adjacent to an activating group) is 1. The van der Waals surface area contributed by atoms with Gasteiger partial charge in [-0.1, -0.05) is 32.0 Å². The Hall–Kier alpha value is -2.04. The van der Waals surface area contributed by atoms with Gasteiger partial charge in [0.15, 0.2) is 0 Å². The van der Waals surface area contributed by atoms with E-state index in [-0.39, 0.29) is 0 Å². The zero-order valence-corrected chi connectivity index (χ0v) is 13.4. The summed E-state index contributed by atoms with van der Waals surface area (Å²) in [6.07, 6.45) is 1.60. The molecule has 0 aliphatic heterocycles. The van der Waals surface area contributed by atoms with Crippen molar-refractivity contribution in [3.8, 4) is 0 Å². The minimum atomic E-state index is -1.27. The minimum absolute atomic E-state index is 0.419. The Morgan fingerprint density at radius 1 is 1.19 bits per heavy atom. The third kappa shape index (κ3) is 3.54. The van der Waals surface area contributed by atoms with Crippen molar-refractivity contribution in [3.05, 3.63) is 29.3 Å². The lowest BCUT2D eigenvalue weighted by Crippen LogP contribution is -2.52. The number of amides is 2. The Kier molecular flexibility index (Phi) is 5.35. The molecule has 5 nitrogen and oxygen atoms in total. The molecule has 0 atom stereocenters. The summed E-state index contributed by atoms with van der Waals surface area (Å²) in [6, 6.07) is 5.49. The van der Waals surface area contributed by atoms with E-state index >= 15 is 0 Å². The van der Waals surface area contributed by atoms with Gasteiger partial charge in [-0.05, 0) is 37.8 Å². The molecule has 1 rings (SSSR count). The molecule has 0 aromatic heterocycles. The molecule has 5 heteroatoms. The Bertz CT molecular complexity index is 516. The number of carboxylic acid groups (broad SMARTS) is 1. The second kappa shape index (κ2) is 6.61. The second-order valence-corrected chi connectivity index (χ2v) is 5.51. The summed E-state index contributed by atoms with van der Waals surface area (Å²) < 4.78 is 0. The zero-order valence-electron chi connectivity index (χ0n) is 13.4. The first-order chi connectivity index (χ1) is 9.75. The molecule has 1 aromatic rings. The lowest BCUT2D eigenvalue weighted by molar-refractivity contribution is -0.146. The molecule has 0 bridgehead atoms. The highest BCUT2D eigenvalue weighted by molar-refractivity contribution is 5.94. The average molecular weight is 292 g/mol. The van der Waals surface area contributed by atoms with Crippen LogP contribution in [0, 0.1) is 0 Å². The van der Waals surface area contributed by atoms with Crippen LogP contribution in [0.4, 0.5) is 10.5 Å². The molecule has 2 amide bonds. The number of carbonyl (C=O) groups excluding carboxylic acids is 1. The van der Waals surface area contributed by atoms with Crippen LogP contribution >= 0.6 is 0 Å². The van der Waals surface area contributed by atoms with E-state index in [2.05, 4.69) is 5.32 Å². The lowest BCUT2D eigenvalue weighted by atomic mass is 10.0. The molecule has 0 aliphatic rings. The van der Waals surface area contributed by atoms with Gasteiger partial charge in [0.2, 0.25) is 0 Å². The van der Waals surface area contributed by atoms with Crippen molar-refractivity contribution in [2.24, 2.45) is 0 Å². The van der Waals surface area contributed by atoms with Gasteiger partial charge in [0, 0.05) is 12.7 Å². The number of urea groups is 1. The molecule has 0 heterocycles. The maximum Gasteiger partial charge on any atom is 0.329 e. The second-order valence-electron chi connectivity index (χ2n) is 5.51. The molecule has 21 heavy (non-hydrogen) atoms. The first kappa shape index (κ1) is 17.0. The molecule has 0 unspecified atom stereocenters. The van der Waals surface area contributed by atoms with Crippen LogP contribution in [0.5, 0.6) is 0 Å². The Morgan fingerprint density at radius 3 is 2.05 bits per heavy atom. The maximum atomic E-state index is 12.4. The van der Waals surface area contributed by atoms with E-state index in [4.69, 9.17) is 0 Å². The van der Waals surface area contributed by atoms with Crippen LogP contribution in [0.15, 0.2) is 18.2 Å². The molecule has 0 radical (unpaired) electrons. The van der Waals surface area contributed by atoms with Gasteiger partial charge in [-0.2, -0.15) is 0 Å². The average Bonchev–Trinajstić information content (AvgIpc) is 2.46. The van der Waals surface area contributed by atoms with Crippen molar-refractivity contribution in [1.82, 2.24) is 4.90 Å². The standard InChI is InChI=1S/C16H24N2O3/c1-6-11-9-8-10-12(7-2)13(11)17-15(21)18(5)16(3,4)14(19)20/h8-10H,6-7H2,1-5H3,(H,17,21)(H,19,20). The van der Waals surface area contributed by atoms with Crippen molar-refractivity contribution < 1.29 is 14.7 Å². The number of aliphatic carboxylic acids is 1. The van der Waals surface area contributed by atoms with Gasteiger partial charge in [0.05, 0.1) is 0 Å². The smallest absolute Gasteiger partial charge is 0.329 e. The van der Waals surface area contributed by atoms with Crippen molar-refractivity contribution in [1.29, 1.82) is 0 Å². The van der Waals surface area contributed by atoms with Gasteiger partial charge < -0.3 is 15.3 Å². The van der Waals surface area contributed by atoms with Crippen molar-refractivity contribution in [2.45, 2.75) is 46.1 Å². The fourth-order valence-electron chi connectivity index (χ4n) is 1.99. The van der Waals surface area contributed by atoms with Crippen LogP contribution in [0.1, 0.15) is 38.8 Å². The highest BCUT2D eigenvalue weighted by atomic mass is 16.4. The van der Waals surface area contributed by atoms with Crippen molar-refractivity contribution in [2.75, 3.05) is 12.4 Å². The normalized spacial score (nSPS) is 11.1. The third-order valence-electron chi connectivity index (χ3n) is 3.90.